The molecule has 2 atom stereocenters. The summed E-state index contributed by atoms with van der Waals surface area (Å²) in [4.78, 5) is 19.2. The van der Waals surface area contributed by atoms with Gasteiger partial charge in [-0.15, -0.1) is 0 Å². The summed E-state index contributed by atoms with van der Waals surface area (Å²) in [5.41, 5.74) is 1.32. The van der Waals surface area contributed by atoms with E-state index in [0.717, 1.165) is 44.0 Å². The van der Waals surface area contributed by atoms with Crippen LogP contribution in [0.5, 0.6) is 0 Å². The number of aromatic nitrogens is 1. The van der Waals surface area contributed by atoms with Crippen LogP contribution in [0.1, 0.15) is 75.9 Å². The zero-order chi connectivity index (χ0) is 17.9. The monoisotopic (exact) mass is 357 g/mol. The Hall–Kier alpha value is -1.62. The van der Waals surface area contributed by atoms with Gasteiger partial charge in [0.1, 0.15) is 5.76 Å². The van der Waals surface area contributed by atoms with Crippen LogP contribution in [-0.4, -0.2) is 34.9 Å². The number of amides is 1. The highest BCUT2D eigenvalue weighted by atomic mass is 16.4. The van der Waals surface area contributed by atoms with Crippen molar-refractivity contribution in [2.24, 2.45) is 5.92 Å². The molecule has 0 spiro atoms. The van der Waals surface area contributed by atoms with Crippen LogP contribution in [0, 0.1) is 5.92 Å². The summed E-state index contributed by atoms with van der Waals surface area (Å²) in [6.45, 7) is 4.48. The number of carbonyl (C=O) groups excluding carboxylic acids is 1. The van der Waals surface area contributed by atoms with Crippen LogP contribution in [0.25, 0.3) is 0 Å². The normalized spacial score (nSPS) is 26.7. The van der Waals surface area contributed by atoms with Crippen LogP contribution in [0.2, 0.25) is 0 Å². The van der Waals surface area contributed by atoms with E-state index in [-0.39, 0.29) is 0 Å². The van der Waals surface area contributed by atoms with Gasteiger partial charge in [-0.3, -0.25) is 4.79 Å². The van der Waals surface area contributed by atoms with Gasteiger partial charge in [0.05, 0.1) is 12.7 Å². The van der Waals surface area contributed by atoms with Crippen molar-refractivity contribution in [1.82, 2.24) is 15.2 Å². The molecule has 2 aliphatic carbocycles. The molecule has 2 heterocycles. The maximum absolute atomic E-state index is 12.8. The van der Waals surface area contributed by atoms with Gasteiger partial charge in [0, 0.05) is 31.5 Å². The van der Waals surface area contributed by atoms with Crippen molar-refractivity contribution in [2.75, 3.05) is 13.1 Å². The Kier molecular flexibility index (Phi) is 5.44. The van der Waals surface area contributed by atoms with E-state index in [4.69, 9.17) is 4.42 Å². The highest BCUT2D eigenvalue weighted by molar-refractivity contribution is 5.77. The molecule has 1 aromatic rings. The van der Waals surface area contributed by atoms with Crippen LogP contribution < -0.4 is 5.32 Å². The summed E-state index contributed by atoms with van der Waals surface area (Å²) in [7, 11) is 0. The zero-order valence-electron chi connectivity index (χ0n) is 15.9. The molecule has 1 amide bonds. The van der Waals surface area contributed by atoms with Gasteiger partial charge in [0.15, 0.2) is 0 Å². The lowest BCUT2D eigenvalue weighted by Gasteiger charge is -2.34. The molecule has 3 aliphatic rings. The van der Waals surface area contributed by atoms with Gasteiger partial charge in [-0.1, -0.05) is 24.5 Å². The largest absolute Gasteiger partial charge is 0.444 e. The van der Waals surface area contributed by atoms with Crippen LogP contribution >= 0.6 is 0 Å². The van der Waals surface area contributed by atoms with Crippen molar-refractivity contribution in [3.8, 4) is 0 Å². The number of hydrogen-bond donors (Lipinski definition) is 1. The maximum Gasteiger partial charge on any atom is 0.223 e. The van der Waals surface area contributed by atoms with Crippen LogP contribution in [0.3, 0.4) is 0 Å². The minimum Gasteiger partial charge on any atom is -0.444 e. The zero-order valence-corrected chi connectivity index (χ0v) is 15.9. The highest BCUT2D eigenvalue weighted by Gasteiger charge is 2.30. The Morgan fingerprint density at radius 2 is 2.15 bits per heavy atom. The van der Waals surface area contributed by atoms with Crippen molar-refractivity contribution in [1.29, 1.82) is 0 Å². The third kappa shape index (κ3) is 4.37. The minimum absolute atomic E-state index is 0.322. The summed E-state index contributed by atoms with van der Waals surface area (Å²) < 4.78 is 5.87. The summed E-state index contributed by atoms with van der Waals surface area (Å²) >= 11 is 0. The van der Waals surface area contributed by atoms with Gasteiger partial charge in [0.25, 0.3) is 0 Å². The molecule has 26 heavy (non-hydrogen) atoms. The molecule has 1 aliphatic heterocycles. The molecular weight excluding hydrogens is 326 g/mol. The summed E-state index contributed by atoms with van der Waals surface area (Å²) in [6, 6.07) is 0.394. The molecule has 0 unspecified atom stereocenters. The van der Waals surface area contributed by atoms with Crippen molar-refractivity contribution in [3.63, 3.8) is 0 Å². The molecule has 142 valence electrons. The molecule has 2 fully saturated rings. The fourth-order valence-electron chi connectivity index (χ4n) is 4.38. The number of oxazole rings is 1. The molecule has 5 nitrogen and oxygen atoms in total. The molecule has 2 saturated carbocycles. The molecule has 1 aromatic heterocycles. The standard InChI is InChI=1S/C21H31N3O2/c1-15-5-4-10-24(14-15)21(25)11-17-6-2-3-7-18(17)22-13-20-23-12-19(26-20)16-8-9-16/h5,12,16-18,22H,2-4,6-11,13-14H2,1H3/t17-,18-/m0/s1. The maximum atomic E-state index is 12.8. The van der Waals surface area contributed by atoms with Crippen LogP contribution in [-0.2, 0) is 11.3 Å². The molecule has 0 aromatic carbocycles. The average Bonchev–Trinajstić information content (AvgIpc) is 3.39. The Balaban J connectivity index is 1.30. The Bertz CT molecular complexity index is 662. The minimum atomic E-state index is 0.322. The number of hydrogen-bond acceptors (Lipinski definition) is 4. The third-order valence-electron chi connectivity index (χ3n) is 6.10. The average molecular weight is 357 g/mol. The van der Waals surface area contributed by atoms with E-state index >= 15 is 0 Å². The van der Waals surface area contributed by atoms with Gasteiger partial charge < -0.3 is 14.6 Å². The fraction of sp³-hybridized carbons (Fsp3) is 0.714. The quantitative estimate of drug-likeness (QED) is 0.788. The lowest BCUT2D eigenvalue weighted by atomic mass is 9.82. The number of carbonyl (C=O) groups is 1. The van der Waals surface area contributed by atoms with E-state index in [9.17, 15) is 4.79 Å². The molecular formula is C21H31N3O2. The molecule has 0 radical (unpaired) electrons. The second kappa shape index (κ2) is 7.95. The fourth-order valence-corrected chi connectivity index (χ4v) is 4.38. The second-order valence-electron chi connectivity index (χ2n) is 8.32. The molecule has 4 rings (SSSR count). The topological polar surface area (TPSA) is 58.4 Å². The van der Waals surface area contributed by atoms with Crippen molar-refractivity contribution >= 4 is 5.91 Å². The van der Waals surface area contributed by atoms with Gasteiger partial charge in [-0.05, 0) is 44.9 Å². The molecule has 0 bridgehead atoms. The van der Waals surface area contributed by atoms with Gasteiger partial charge >= 0.3 is 0 Å². The summed E-state index contributed by atoms with van der Waals surface area (Å²) in [5.74, 6) is 3.20. The van der Waals surface area contributed by atoms with Crippen molar-refractivity contribution in [2.45, 2.75) is 76.8 Å². The van der Waals surface area contributed by atoms with E-state index in [2.05, 4.69) is 23.3 Å². The van der Waals surface area contributed by atoms with Crippen molar-refractivity contribution in [3.05, 3.63) is 29.5 Å². The number of nitrogens with zero attached hydrogens (tertiary/aromatic N) is 2. The molecule has 5 heteroatoms. The van der Waals surface area contributed by atoms with E-state index in [1.54, 1.807) is 0 Å². The van der Waals surface area contributed by atoms with Crippen LogP contribution in [0.4, 0.5) is 0 Å². The molecule has 1 N–H and O–H groups in total. The van der Waals surface area contributed by atoms with E-state index < -0.39 is 0 Å². The predicted octanol–water partition coefficient (Wildman–Crippen LogP) is 3.77. The van der Waals surface area contributed by atoms with E-state index in [1.165, 1.54) is 31.3 Å². The first-order valence-electron chi connectivity index (χ1n) is 10.3. The number of nitrogens with one attached hydrogen (secondary N) is 1. The first-order chi connectivity index (χ1) is 12.7. The summed E-state index contributed by atoms with van der Waals surface area (Å²) in [6.07, 6.45) is 13.1. The lowest BCUT2D eigenvalue weighted by molar-refractivity contribution is -0.132. The second-order valence-corrected chi connectivity index (χ2v) is 8.32. The first-order valence-corrected chi connectivity index (χ1v) is 10.3. The first kappa shape index (κ1) is 17.8. The summed E-state index contributed by atoms with van der Waals surface area (Å²) in [5, 5.41) is 3.64. The lowest BCUT2D eigenvalue weighted by Crippen LogP contribution is -2.42. The Morgan fingerprint density at radius 1 is 1.31 bits per heavy atom. The van der Waals surface area contributed by atoms with Gasteiger partial charge in [0.2, 0.25) is 11.8 Å². The van der Waals surface area contributed by atoms with E-state index in [1.807, 2.05) is 11.1 Å². The highest BCUT2D eigenvalue weighted by Crippen LogP contribution is 2.40. The smallest absolute Gasteiger partial charge is 0.223 e. The predicted molar refractivity (Wildman–Crippen MR) is 101 cm³/mol. The Morgan fingerprint density at radius 3 is 2.96 bits per heavy atom. The van der Waals surface area contributed by atoms with Crippen molar-refractivity contribution < 1.29 is 9.21 Å². The van der Waals surface area contributed by atoms with E-state index in [0.29, 0.717) is 36.8 Å². The van der Waals surface area contributed by atoms with Gasteiger partial charge in [-0.25, -0.2) is 4.98 Å². The van der Waals surface area contributed by atoms with Gasteiger partial charge in [-0.2, -0.15) is 0 Å². The third-order valence-corrected chi connectivity index (χ3v) is 6.10. The SMILES string of the molecule is CC1=CCCN(C(=O)C[C@@H]2CCCC[C@@H]2NCc2ncc(C3CC3)o2)C1. The number of rotatable bonds is 6. The molecule has 0 saturated heterocycles. The van der Waals surface area contributed by atoms with Crippen LogP contribution in [0.15, 0.2) is 22.3 Å². The Labute approximate surface area is 156 Å².